The van der Waals surface area contributed by atoms with Gasteiger partial charge in [-0.2, -0.15) is 4.98 Å². The molecule has 0 spiro atoms. The second kappa shape index (κ2) is 7.40. The molecule has 1 heterocycles. The van der Waals surface area contributed by atoms with Crippen LogP contribution >= 0.6 is 0 Å². The molecule has 17 heavy (non-hydrogen) atoms. The van der Waals surface area contributed by atoms with E-state index in [-0.39, 0.29) is 6.10 Å². The van der Waals surface area contributed by atoms with Gasteiger partial charge in [0.2, 0.25) is 5.89 Å². The van der Waals surface area contributed by atoms with E-state index in [4.69, 9.17) is 9.26 Å². The molecule has 2 atom stereocenters. The maximum atomic E-state index is 5.20. The Kier molecular flexibility index (Phi) is 6.15. The second-order valence-electron chi connectivity index (χ2n) is 4.41. The fourth-order valence-electron chi connectivity index (χ4n) is 1.52. The SMILES string of the molecule is CCCNC(C)Cc1nc(CC(C)OC)no1. The maximum Gasteiger partial charge on any atom is 0.228 e. The molecule has 98 valence electrons. The molecular formula is C12H23N3O2. The van der Waals surface area contributed by atoms with Crippen molar-refractivity contribution in [3.63, 3.8) is 0 Å². The Hall–Kier alpha value is -0.940. The summed E-state index contributed by atoms with van der Waals surface area (Å²) in [6, 6.07) is 0.364. The average Bonchev–Trinajstić information content (AvgIpc) is 2.73. The zero-order chi connectivity index (χ0) is 12.7. The Morgan fingerprint density at radius 2 is 2.12 bits per heavy atom. The molecule has 0 saturated heterocycles. The molecule has 1 aromatic heterocycles. The summed E-state index contributed by atoms with van der Waals surface area (Å²) < 4.78 is 10.4. The van der Waals surface area contributed by atoms with Crippen LogP contribution in [0.1, 0.15) is 38.9 Å². The van der Waals surface area contributed by atoms with Gasteiger partial charge in [-0.05, 0) is 26.8 Å². The molecule has 5 heteroatoms. The van der Waals surface area contributed by atoms with Crippen LogP contribution in [0.4, 0.5) is 0 Å². The summed E-state index contributed by atoms with van der Waals surface area (Å²) in [7, 11) is 1.68. The number of nitrogens with one attached hydrogen (secondary N) is 1. The zero-order valence-corrected chi connectivity index (χ0v) is 11.2. The van der Waals surface area contributed by atoms with Crippen molar-refractivity contribution in [2.24, 2.45) is 0 Å². The molecule has 1 rings (SSSR count). The van der Waals surface area contributed by atoms with E-state index in [9.17, 15) is 0 Å². The molecule has 0 fully saturated rings. The first-order valence-electron chi connectivity index (χ1n) is 6.23. The highest BCUT2D eigenvalue weighted by atomic mass is 16.5. The van der Waals surface area contributed by atoms with Gasteiger partial charge in [-0.1, -0.05) is 12.1 Å². The largest absolute Gasteiger partial charge is 0.381 e. The first-order chi connectivity index (χ1) is 8.15. The van der Waals surface area contributed by atoms with Crippen molar-refractivity contribution in [2.75, 3.05) is 13.7 Å². The first-order valence-corrected chi connectivity index (χ1v) is 6.23. The van der Waals surface area contributed by atoms with Gasteiger partial charge >= 0.3 is 0 Å². The Balaban J connectivity index is 2.39. The summed E-state index contributed by atoms with van der Waals surface area (Å²) >= 11 is 0. The lowest BCUT2D eigenvalue weighted by Crippen LogP contribution is -2.28. The normalized spacial score (nSPS) is 14.8. The third-order valence-electron chi connectivity index (χ3n) is 2.61. The highest BCUT2D eigenvalue weighted by molar-refractivity contribution is 4.90. The van der Waals surface area contributed by atoms with E-state index in [0.717, 1.165) is 25.2 Å². The van der Waals surface area contributed by atoms with E-state index < -0.39 is 0 Å². The number of hydrogen-bond acceptors (Lipinski definition) is 5. The number of ether oxygens (including phenoxy) is 1. The van der Waals surface area contributed by atoms with Crippen molar-refractivity contribution in [3.05, 3.63) is 11.7 Å². The van der Waals surface area contributed by atoms with Crippen molar-refractivity contribution in [2.45, 2.75) is 52.2 Å². The molecule has 0 aliphatic rings. The van der Waals surface area contributed by atoms with Crippen LogP contribution in [0, 0.1) is 0 Å². The predicted molar refractivity (Wildman–Crippen MR) is 65.9 cm³/mol. The Morgan fingerprint density at radius 3 is 2.76 bits per heavy atom. The van der Waals surface area contributed by atoms with Gasteiger partial charge in [-0.3, -0.25) is 0 Å². The maximum absolute atomic E-state index is 5.20. The van der Waals surface area contributed by atoms with Crippen molar-refractivity contribution < 1.29 is 9.26 Å². The molecule has 1 aromatic rings. The van der Waals surface area contributed by atoms with Crippen LogP contribution in [0.2, 0.25) is 0 Å². The Bertz CT molecular complexity index is 314. The molecule has 2 unspecified atom stereocenters. The monoisotopic (exact) mass is 241 g/mol. The van der Waals surface area contributed by atoms with Crippen LogP contribution in [-0.2, 0) is 17.6 Å². The molecular weight excluding hydrogens is 218 g/mol. The highest BCUT2D eigenvalue weighted by Gasteiger charge is 2.12. The lowest BCUT2D eigenvalue weighted by Gasteiger charge is -2.09. The Morgan fingerprint density at radius 1 is 1.35 bits per heavy atom. The van der Waals surface area contributed by atoms with Crippen LogP contribution < -0.4 is 5.32 Å². The molecule has 0 aliphatic carbocycles. The quantitative estimate of drug-likeness (QED) is 0.748. The third kappa shape index (κ3) is 5.28. The molecule has 5 nitrogen and oxygen atoms in total. The topological polar surface area (TPSA) is 60.2 Å². The highest BCUT2D eigenvalue weighted by Crippen LogP contribution is 2.05. The number of methoxy groups -OCH3 is 1. The summed E-state index contributed by atoms with van der Waals surface area (Å²) in [6.45, 7) is 7.28. The fraction of sp³-hybridized carbons (Fsp3) is 0.833. The van der Waals surface area contributed by atoms with E-state index in [1.54, 1.807) is 7.11 Å². The van der Waals surface area contributed by atoms with Gasteiger partial charge in [-0.25, -0.2) is 0 Å². The standard InChI is InChI=1S/C12H23N3O2/c1-5-6-13-9(2)7-12-14-11(15-17-12)8-10(3)16-4/h9-10,13H,5-8H2,1-4H3. The molecule has 0 aliphatic heterocycles. The summed E-state index contributed by atoms with van der Waals surface area (Å²) in [4.78, 5) is 4.35. The van der Waals surface area contributed by atoms with Crippen molar-refractivity contribution in [1.29, 1.82) is 0 Å². The number of rotatable bonds is 8. The van der Waals surface area contributed by atoms with Crippen LogP contribution in [0.5, 0.6) is 0 Å². The molecule has 0 bridgehead atoms. The Labute approximate surface area is 103 Å². The lowest BCUT2D eigenvalue weighted by molar-refractivity contribution is 0.116. The van der Waals surface area contributed by atoms with Gasteiger partial charge in [0.05, 0.1) is 6.10 Å². The number of nitrogens with zero attached hydrogens (tertiary/aromatic N) is 2. The predicted octanol–water partition coefficient (Wildman–Crippen LogP) is 1.58. The minimum absolute atomic E-state index is 0.121. The van der Waals surface area contributed by atoms with Gasteiger partial charge in [0, 0.05) is 26.0 Å². The van der Waals surface area contributed by atoms with Gasteiger partial charge in [0.25, 0.3) is 0 Å². The van der Waals surface area contributed by atoms with Gasteiger partial charge in [0.1, 0.15) is 0 Å². The van der Waals surface area contributed by atoms with Gasteiger partial charge in [-0.15, -0.1) is 0 Å². The van der Waals surface area contributed by atoms with Crippen molar-refractivity contribution in [3.8, 4) is 0 Å². The first kappa shape index (κ1) is 14.1. The summed E-state index contributed by atoms with van der Waals surface area (Å²) in [5, 5.41) is 7.33. The molecule has 0 amide bonds. The second-order valence-corrected chi connectivity index (χ2v) is 4.41. The van der Waals surface area contributed by atoms with E-state index >= 15 is 0 Å². The van der Waals surface area contributed by atoms with E-state index in [1.807, 2.05) is 6.92 Å². The molecule has 1 N–H and O–H groups in total. The summed E-state index contributed by atoms with van der Waals surface area (Å²) in [6.07, 6.45) is 2.71. The smallest absolute Gasteiger partial charge is 0.228 e. The third-order valence-corrected chi connectivity index (χ3v) is 2.61. The number of hydrogen-bond donors (Lipinski definition) is 1. The molecule has 0 radical (unpaired) electrons. The summed E-state index contributed by atoms with van der Waals surface area (Å²) in [5.41, 5.74) is 0. The van der Waals surface area contributed by atoms with Crippen LogP contribution in [0.25, 0.3) is 0 Å². The van der Waals surface area contributed by atoms with E-state index in [0.29, 0.717) is 18.4 Å². The molecule has 0 saturated carbocycles. The van der Waals surface area contributed by atoms with Crippen LogP contribution in [0.15, 0.2) is 4.52 Å². The average molecular weight is 241 g/mol. The minimum atomic E-state index is 0.121. The number of aromatic nitrogens is 2. The fourth-order valence-corrected chi connectivity index (χ4v) is 1.52. The van der Waals surface area contributed by atoms with E-state index in [2.05, 4.69) is 29.3 Å². The van der Waals surface area contributed by atoms with Gasteiger partial charge < -0.3 is 14.6 Å². The van der Waals surface area contributed by atoms with E-state index in [1.165, 1.54) is 0 Å². The van der Waals surface area contributed by atoms with Crippen LogP contribution in [-0.4, -0.2) is 35.9 Å². The minimum Gasteiger partial charge on any atom is -0.381 e. The lowest BCUT2D eigenvalue weighted by atomic mass is 10.2. The van der Waals surface area contributed by atoms with Crippen molar-refractivity contribution >= 4 is 0 Å². The van der Waals surface area contributed by atoms with Gasteiger partial charge in [0.15, 0.2) is 5.82 Å². The molecule has 0 aromatic carbocycles. The zero-order valence-electron chi connectivity index (χ0n) is 11.2. The van der Waals surface area contributed by atoms with Crippen molar-refractivity contribution in [1.82, 2.24) is 15.5 Å². The van der Waals surface area contributed by atoms with Crippen LogP contribution in [0.3, 0.4) is 0 Å². The summed E-state index contributed by atoms with van der Waals surface area (Å²) in [5.74, 6) is 1.41.